The highest BCUT2D eigenvalue weighted by molar-refractivity contribution is 6.00. The molecule has 0 radical (unpaired) electrons. The highest BCUT2D eigenvalue weighted by atomic mass is 16.5. The van der Waals surface area contributed by atoms with Crippen LogP contribution in [0.15, 0.2) is 42.5 Å². The summed E-state index contributed by atoms with van der Waals surface area (Å²) < 4.78 is 7.73. The Morgan fingerprint density at radius 1 is 1.19 bits per heavy atom. The predicted molar refractivity (Wildman–Crippen MR) is 144 cm³/mol. The van der Waals surface area contributed by atoms with Crippen molar-refractivity contribution in [1.82, 2.24) is 14.7 Å². The van der Waals surface area contributed by atoms with Gasteiger partial charge >= 0.3 is 0 Å². The van der Waals surface area contributed by atoms with Gasteiger partial charge in [-0.1, -0.05) is 43.7 Å². The smallest absolute Gasteiger partial charge is 0.253 e. The molecule has 194 valence electrons. The van der Waals surface area contributed by atoms with E-state index in [2.05, 4.69) is 45.0 Å². The number of amides is 1. The molecule has 2 N–H and O–H groups in total. The van der Waals surface area contributed by atoms with Crippen LogP contribution in [0.25, 0.3) is 5.69 Å². The minimum Gasteiger partial charge on any atom is -0.397 e. The Morgan fingerprint density at radius 3 is 2.62 bits per heavy atom. The Balaban J connectivity index is 1.42. The topological polar surface area (TPSA) is 90.5 Å². The molecule has 0 spiro atoms. The van der Waals surface area contributed by atoms with E-state index < -0.39 is 0 Å². The predicted octanol–water partition coefficient (Wildman–Crippen LogP) is 5.08. The molecule has 1 aromatic heterocycles. The summed E-state index contributed by atoms with van der Waals surface area (Å²) in [6.45, 7) is 7.57. The second-order valence-electron chi connectivity index (χ2n) is 11.3. The summed E-state index contributed by atoms with van der Waals surface area (Å²) in [5.74, 6) is 0.0350. The summed E-state index contributed by atoms with van der Waals surface area (Å²) in [7, 11) is 1.81. The summed E-state index contributed by atoms with van der Waals surface area (Å²) in [6, 6.07) is 13.7. The average molecular weight is 501 g/mol. The first-order valence-corrected chi connectivity index (χ1v) is 13.1. The number of anilines is 1. The zero-order valence-corrected chi connectivity index (χ0v) is 22.2. The van der Waals surface area contributed by atoms with Gasteiger partial charge < -0.3 is 15.4 Å². The molecule has 1 atom stereocenters. The van der Waals surface area contributed by atoms with Gasteiger partial charge in [-0.15, -0.1) is 0 Å². The van der Waals surface area contributed by atoms with Gasteiger partial charge in [0.25, 0.3) is 5.91 Å². The van der Waals surface area contributed by atoms with E-state index in [0.717, 1.165) is 37.1 Å². The molecule has 1 aliphatic heterocycles. The molecule has 1 amide bonds. The van der Waals surface area contributed by atoms with Gasteiger partial charge in [0.1, 0.15) is 11.8 Å². The zero-order chi connectivity index (χ0) is 26.3. The van der Waals surface area contributed by atoms with Crippen LogP contribution in [0.3, 0.4) is 0 Å². The average Bonchev–Trinajstić information content (AvgIpc) is 3.50. The molecule has 7 nitrogen and oxygen atoms in total. The molecule has 0 saturated carbocycles. The number of ether oxygens (including phenoxy) is 1. The molecule has 5 rings (SSSR count). The van der Waals surface area contributed by atoms with Crippen molar-refractivity contribution in [3.05, 3.63) is 76.1 Å². The standard InChI is InChI=1S/C30H36N4O3/c1-19-7-9-20(10-8-19)13-14-33(4)29(36)21-11-12-23(22(31)16-21)34-24-17-30(2,3)18-25(35)27(24)28(32-34)26-6-5-15-37-26/h7-12,16,26H,5-6,13-15,17-18,31H2,1-4H3. The molecule has 1 saturated heterocycles. The maximum absolute atomic E-state index is 13.2. The monoisotopic (exact) mass is 500 g/mol. The number of nitrogens with two attached hydrogens (primary N) is 1. The Kier molecular flexibility index (Phi) is 6.67. The highest BCUT2D eigenvalue weighted by Gasteiger charge is 2.39. The third-order valence-electron chi connectivity index (χ3n) is 7.51. The minimum atomic E-state index is -0.166. The number of nitrogen functional groups attached to an aromatic ring is 1. The molecule has 0 bridgehead atoms. The van der Waals surface area contributed by atoms with E-state index in [-0.39, 0.29) is 23.2 Å². The zero-order valence-electron chi connectivity index (χ0n) is 22.2. The quantitative estimate of drug-likeness (QED) is 0.477. The summed E-state index contributed by atoms with van der Waals surface area (Å²) in [5, 5.41) is 4.90. The van der Waals surface area contributed by atoms with E-state index in [1.165, 1.54) is 11.1 Å². The van der Waals surface area contributed by atoms with E-state index in [0.29, 0.717) is 42.1 Å². The van der Waals surface area contributed by atoms with Crippen LogP contribution in [-0.4, -0.2) is 46.6 Å². The molecule has 2 aromatic carbocycles. The molecule has 2 heterocycles. The number of carbonyl (C=O) groups excluding carboxylic acids is 2. The van der Waals surface area contributed by atoms with Gasteiger partial charge in [0.2, 0.25) is 0 Å². The van der Waals surface area contributed by atoms with Crippen LogP contribution in [0.2, 0.25) is 0 Å². The number of nitrogens with zero attached hydrogens (tertiary/aromatic N) is 3. The second kappa shape index (κ2) is 9.78. The van der Waals surface area contributed by atoms with Crippen LogP contribution in [0.1, 0.15) is 82.4 Å². The van der Waals surface area contributed by atoms with Gasteiger partial charge in [0.05, 0.1) is 22.6 Å². The van der Waals surface area contributed by atoms with Crippen molar-refractivity contribution < 1.29 is 14.3 Å². The van der Waals surface area contributed by atoms with Gasteiger partial charge in [-0.25, -0.2) is 4.68 Å². The molecule has 1 aliphatic carbocycles. The number of aryl methyl sites for hydroxylation is 1. The summed E-state index contributed by atoms with van der Waals surface area (Å²) in [4.78, 5) is 28.1. The van der Waals surface area contributed by atoms with Gasteiger partial charge in [0, 0.05) is 32.2 Å². The maximum atomic E-state index is 13.2. The van der Waals surface area contributed by atoms with Crippen LogP contribution in [0, 0.1) is 12.3 Å². The molecule has 1 fully saturated rings. The fourth-order valence-electron chi connectivity index (χ4n) is 5.45. The molecular formula is C30H36N4O3. The van der Waals surface area contributed by atoms with Crippen molar-refractivity contribution in [3.63, 3.8) is 0 Å². The first kappa shape index (κ1) is 25.2. The lowest BCUT2D eigenvalue weighted by molar-refractivity contribution is 0.0796. The fourth-order valence-corrected chi connectivity index (χ4v) is 5.45. The Bertz CT molecular complexity index is 1330. The molecule has 7 heteroatoms. The molecule has 37 heavy (non-hydrogen) atoms. The Morgan fingerprint density at radius 2 is 1.95 bits per heavy atom. The number of benzene rings is 2. The normalized spacial score (nSPS) is 18.6. The van der Waals surface area contributed by atoms with Gasteiger partial charge in [-0.05, 0) is 61.8 Å². The van der Waals surface area contributed by atoms with Crippen LogP contribution in [0.5, 0.6) is 0 Å². The van der Waals surface area contributed by atoms with Crippen molar-refractivity contribution in [2.45, 2.75) is 59.0 Å². The SMILES string of the molecule is Cc1ccc(CCN(C)C(=O)c2ccc(-n3nc(C4CCCO4)c4c3CC(C)(C)CC4=O)c(N)c2)cc1. The van der Waals surface area contributed by atoms with Crippen LogP contribution >= 0.6 is 0 Å². The number of rotatable bonds is 6. The number of hydrogen-bond donors (Lipinski definition) is 1. The van der Waals surface area contributed by atoms with Crippen molar-refractivity contribution in [2.24, 2.45) is 5.41 Å². The highest BCUT2D eigenvalue weighted by Crippen LogP contribution is 2.41. The third kappa shape index (κ3) is 5.05. The van der Waals surface area contributed by atoms with E-state index in [1.54, 1.807) is 17.0 Å². The lowest BCUT2D eigenvalue weighted by Crippen LogP contribution is -2.29. The number of ketones is 1. The molecule has 2 aliphatic rings. The van der Waals surface area contributed by atoms with Crippen molar-refractivity contribution in [1.29, 1.82) is 0 Å². The fraction of sp³-hybridized carbons (Fsp3) is 0.433. The Hall–Kier alpha value is -3.45. The largest absolute Gasteiger partial charge is 0.397 e. The number of Topliss-reactive ketones (excluding diaryl/α,β-unsaturated/α-hetero) is 1. The number of carbonyl (C=O) groups is 2. The van der Waals surface area contributed by atoms with Gasteiger partial charge in [-0.3, -0.25) is 9.59 Å². The van der Waals surface area contributed by atoms with Crippen molar-refractivity contribution >= 4 is 17.4 Å². The second-order valence-corrected chi connectivity index (χ2v) is 11.3. The first-order valence-electron chi connectivity index (χ1n) is 13.1. The summed E-state index contributed by atoms with van der Waals surface area (Å²) in [5.41, 5.74) is 12.7. The minimum absolute atomic E-state index is 0.0794. The molecule has 3 aromatic rings. The van der Waals surface area contributed by atoms with E-state index in [9.17, 15) is 9.59 Å². The Labute approximate surface area is 218 Å². The molecule has 1 unspecified atom stereocenters. The van der Waals surface area contributed by atoms with Gasteiger partial charge in [0.15, 0.2) is 5.78 Å². The lowest BCUT2D eigenvalue weighted by Gasteiger charge is -2.29. The van der Waals surface area contributed by atoms with Crippen molar-refractivity contribution in [2.75, 3.05) is 25.9 Å². The lowest BCUT2D eigenvalue weighted by atomic mass is 9.75. The number of likely N-dealkylation sites (N-methyl/N-ethyl adjacent to an activating group) is 1. The van der Waals surface area contributed by atoms with Gasteiger partial charge in [-0.2, -0.15) is 5.10 Å². The number of hydrogen-bond acceptors (Lipinski definition) is 5. The van der Waals surface area contributed by atoms with Crippen LogP contribution < -0.4 is 5.73 Å². The third-order valence-corrected chi connectivity index (χ3v) is 7.51. The van der Waals surface area contributed by atoms with E-state index in [1.807, 2.05) is 17.8 Å². The summed E-state index contributed by atoms with van der Waals surface area (Å²) in [6.07, 6.45) is 3.65. The van der Waals surface area contributed by atoms with E-state index >= 15 is 0 Å². The molecular weight excluding hydrogens is 464 g/mol. The summed E-state index contributed by atoms with van der Waals surface area (Å²) >= 11 is 0. The van der Waals surface area contributed by atoms with Crippen molar-refractivity contribution in [3.8, 4) is 5.69 Å². The number of aromatic nitrogens is 2. The first-order chi connectivity index (χ1) is 17.6. The maximum Gasteiger partial charge on any atom is 0.253 e. The van der Waals surface area contributed by atoms with E-state index in [4.69, 9.17) is 15.6 Å². The van der Waals surface area contributed by atoms with Crippen LogP contribution in [-0.2, 0) is 17.6 Å². The number of fused-ring (bicyclic) bond motifs is 1. The van der Waals surface area contributed by atoms with Crippen LogP contribution in [0.4, 0.5) is 5.69 Å².